The van der Waals surface area contributed by atoms with Gasteiger partial charge >= 0.3 is 0 Å². The Labute approximate surface area is 149 Å². The fourth-order valence-electron chi connectivity index (χ4n) is 2.26. The van der Waals surface area contributed by atoms with Gasteiger partial charge in [0.1, 0.15) is 12.5 Å². The molecule has 0 heterocycles. The van der Waals surface area contributed by atoms with E-state index >= 15 is 0 Å². The fourth-order valence-corrected chi connectivity index (χ4v) is 3.57. The van der Waals surface area contributed by atoms with Crippen molar-refractivity contribution in [2.24, 2.45) is 16.7 Å². The summed E-state index contributed by atoms with van der Waals surface area (Å²) in [5.74, 6) is -0.490. The standard InChI is InChI=1S/C18H31NO4S/c1-17(2,3)9-23-11-19-15(21)7-12-13(20)8-14(16(12)22)24-10-18(4,5)6/h12,14H,7-11H2,1-6H3,(H,19,21). The van der Waals surface area contributed by atoms with E-state index in [4.69, 9.17) is 4.74 Å². The SMILES string of the molecule is CC(C)(C)COCNC(=O)CC1C(=O)CC(SCC(C)(C)C)C1=O. The molecule has 5 nitrogen and oxygen atoms in total. The summed E-state index contributed by atoms with van der Waals surface area (Å²) in [6, 6.07) is 0. The number of ketones is 2. The average Bonchev–Trinajstić information content (AvgIpc) is 2.67. The molecule has 0 spiro atoms. The van der Waals surface area contributed by atoms with Crippen molar-refractivity contribution in [3.8, 4) is 0 Å². The minimum atomic E-state index is -0.787. The van der Waals surface area contributed by atoms with Crippen LogP contribution in [0.2, 0.25) is 0 Å². The van der Waals surface area contributed by atoms with E-state index < -0.39 is 5.92 Å². The highest BCUT2D eigenvalue weighted by atomic mass is 32.2. The van der Waals surface area contributed by atoms with Crippen molar-refractivity contribution >= 4 is 29.2 Å². The van der Waals surface area contributed by atoms with Gasteiger partial charge in [-0.2, -0.15) is 0 Å². The van der Waals surface area contributed by atoms with E-state index in [1.807, 2.05) is 20.8 Å². The molecule has 1 aliphatic carbocycles. The topological polar surface area (TPSA) is 72.5 Å². The maximum atomic E-state index is 12.4. The van der Waals surface area contributed by atoms with E-state index in [9.17, 15) is 14.4 Å². The molecule has 6 heteroatoms. The van der Waals surface area contributed by atoms with Crippen LogP contribution >= 0.6 is 11.8 Å². The lowest BCUT2D eigenvalue weighted by Crippen LogP contribution is -2.32. The molecule has 0 aliphatic heterocycles. The zero-order valence-corrected chi connectivity index (χ0v) is 16.5. The lowest BCUT2D eigenvalue weighted by Gasteiger charge is -2.19. The minimum Gasteiger partial charge on any atom is -0.361 e. The number of hydrogen-bond acceptors (Lipinski definition) is 5. The van der Waals surface area contributed by atoms with Gasteiger partial charge in [-0.25, -0.2) is 0 Å². The molecular weight excluding hydrogens is 326 g/mol. The van der Waals surface area contributed by atoms with Crippen LogP contribution in [-0.2, 0) is 19.1 Å². The lowest BCUT2D eigenvalue weighted by molar-refractivity contribution is -0.133. The molecule has 1 rings (SSSR count). The summed E-state index contributed by atoms with van der Waals surface area (Å²) in [5.41, 5.74) is 0.132. The summed E-state index contributed by atoms with van der Waals surface area (Å²) in [7, 11) is 0. The monoisotopic (exact) mass is 357 g/mol. The average molecular weight is 358 g/mol. The maximum absolute atomic E-state index is 12.4. The van der Waals surface area contributed by atoms with Gasteiger partial charge in [-0.3, -0.25) is 14.4 Å². The molecule has 0 aromatic carbocycles. The Hall–Kier alpha value is -0.880. The number of amides is 1. The van der Waals surface area contributed by atoms with E-state index in [0.717, 1.165) is 5.75 Å². The largest absolute Gasteiger partial charge is 0.361 e. The van der Waals surface area contributed by atoms with E-state index in [0.29, 0.717) is 6.61 Å². The van der Waals surface area contributed by atoms with Gasteiger partial charge in [0.05, 0.1) is 17.8 Å². The molecule has 0 bridgehead atoms. The molecule has 24 heavy (non-hydrogen) atoms. The van der Waals surface area contributed by atoms with Crippen molar-refractivity contribution < 1.29 is 19.1 Å². The van der Waals surface area contributed by atoms with Crippen molar-refractivity contribution in [2.75, 3.05) is 19.1 Å². The molecule has 2 unspecified atom stereocenters. The Bertz CT molecular complexity index is 476. The Morgan fingerprint density at radius 2 is 1.79 bits per heavy atom. The number of ether oxygens (including phenoxy) is 1. The normalized spacial score (nSPS) is 22.1. The summed E-state index contributed by atoms with van der Waals surface area (Å²) in [6.07, 6.45) is 0.182. The van der Waals surface area contributed by atoms with Gasteiger partial charge in [-0.1, -0.05) is 41.5 Å². The number of rotatable bonds is 7. The van der Waals surface area contributed by atoms with Crippen LogP contribution < -0.4 is 5.32 Å². The predicted molar refractivity (Wildman–Crippen MR) is 96.9 cm³/mol. The van der Waals surface area contributed by atoms with Gasteiger partial charge in [-0.15, -0.1) is 11.8 Å². The van der Waals surface area contributed by atoms with Crippen LogP contribution in [0.15, 0.2) is 0 Å². The first-order chi connectivity index (χ1) is 10.9. The smallest absolute Gasteiger partial charge is 0.222 e. The van der Waals surface area contributed by atoms with E-state index in [1.165, 1.54) is 11.8 Å². The van der Waals surface area contributed by atoms with Crippen LogP contribution in [0.3, 0.4) is 0 Å². The van der Waals surface area contributed by atoms with Crippen LogP contribution in [0.1, 0.15) is 54.4 Å². The first kappa shape index (κ1) is 21.2. The van der Waals surface area contributed by atoms with Crippen molar-refractivity contribution in [1.82, 2.24) is 5.32 Å². The summed E-state index contributed by atoms with van der Waals surface area (Å²) in [4.78, 5) is 36.4. The summed E-state index contributed by atoms with van der Waals surface area (Å²) in [6.45, 7) is 13.1. The molecule has 1 saturated carbocycles. The lowest BCUT2D eigenvalue weighted by atomic mass is 9.99. The molecule has 1 amide bonds. The Morgan fingerprint density at radius 1 is 1.17 bits per heavy atom. The van der Waals surface area contributed by atoms with Crippen LogP contribution in [0.5, 0.6) is 0 Å². The number of Topliss-reactive ketones (excluding diaryl/α,β-unsaturated/α-hetero) is 2. The first-order valence-corrected chi connectivity index (χ1v) is 9.46. The summed E-state index contributed by atoms with van der Waals surface area (Å²) in [5, 5.41) is 2.32. The second kappa shape index (κ2) is 8.48. The van der Waals surface area contributed by atoms with Crippen molar-refractivity contribution in [3.63, 3.8) is 0 Å². The third kappa shape index (κ3) is 7.79. The molecular formula is C18H31NO4S. The molecule has 0 aromatic heterocycles. The van der Waals surface area contributed by atoms with Crippen LogP contribution in [0, 0.1) is 16.7 Å². The van der Waals surface area contributed by atoms with Crippen LogP contribution in [0.4, 0.5) is 0 Å². The summed E-state index contributed by atoms with van der Waals surface area (Å²) < 4.78 is 5.38. The Morgan fingerprint density at radius 3 is 2.33 bits per heavy atom. The minimum absolute atomic E-state index is 0.0274. The van der Waals surface area contributed by atoms with Gasteiger partial charge in [-0.05, 0) is 16.6 Å². The molecule has 2 atom stereocenters. The van der Waals surface area contributed by atoms with Gasteiger partial charge in [0, 0.05) is 12.8 Å². The first-order valence-electron chi connectivity index (χ1n) is 8.41. The molecule has 0 saturated heterocycles. The Balaban J connectivity index is 2.40. The highest BCUT2D eigenvalue weighted by Crippen LogP contribution is 2.33. The zero-order valence-electron chi connectivity index (χ0n) is 15.7. The number of thioether (sulfide) groups is 1. The van der Waals surface area contributed by atoms with Gasteiger partial charge in [0.25, 0.3) is 0 Å². The van der Waals surface area contributed by atoms with E-state index in [-0.39, 0.29) is 53.1 Å². The third-order valence-corrected chi connectivity index (χ3v) is 5.28. The van der Waals surface area contributed by atoms with Crippen LogP contribution in [-0.4, -0.2) is 41.8 Å². The molecule has 1 N–H and O–H groups in total. The Kier molecular flexibility index (Phi) is 7.47. The summed E-state index contributed by atoms with van der Waals surface area (Å²) >= 11 is 1.53. The van der Waals surface area contributed by atoms with Crippen molar-refractivity contribution in [2.45, 2.75) is 59.6 Å². The molecule has 1 fully saturated rings. The highest BCUT2D eigenvalue weighted by Gasteiger charge is 2.42. The second-order valence-corrected chi connectivity index (χ2v) is 10.0. The predicted octanol–water partition coefficient (Wildman–Crippen LogP) is 2.82. The highest BCUT2D eigenvalue weighted by molar-refractivity contribution is 8.00. The quantitative estimate of drug-likeness (QED) is 0.431. The molecule has 0 radical (unpaired) electrons. The van der Waals surface area contributed by atoms with Gasteiger partial charge in [0.15, 0.2) is 5.78 Å². The second-order valence-electron chi connectivity index (χ2n) is 8.84. The van der Waals surface area contributed by atoms with Gasteiger partial charge in [0.2, 0.25) is 5.91 Å². The third-order valence-electron chi connectivity index (χ3n) is 3.45. The van der Waals surface area contributed by atoms with Crippen molar-refractivity contribution in [1.29, 1.82) is 0 Å². The molecule has 1 aliphatic rings. The molecule has 138 valence electrons. The van der Waals surface area contributed by atoms with E-state index in [2.05, 4.69) is 26.1 Å². The zero-order chi connectivity index (χ0) is 18.5. The number of nitrogens with one attached hydrogen (secondary N) is 1. The van der Waals surface area contributed by atoms with Crippen LogP contribution in [0.25, 0.3) is 0 Å². The molecule has 0 aromatic rings. The fraction of sp³-hybridized carbons (Fsp3) is 0.833. The van der Waals surface area contributed by atoms with Gasteiger partial charge < -0.3 is 10.1 Å². The number of carbonyl (C=O) groups excluding carboxylic acids is 3. The van der Waals surface area contributed by atoms with Crippen molar-refractivity contribution in [3.05, 3.63) is 0 Å². The van der Waals surface area contributed by atoms with E-state index in [1.54, 1.807) is 0 Å². The number of hydrogen-bond donors (Lipinski definition) is 1. The maximum Gasteiger partial charge on any atom is 0.222 e. The number of carbonyl (C=O) groups is 3.